The Kier molecular flexibility index (Phi) is 4.24. The second kappa shape index (κ2) is 6.61. The Hall–Kier alpha value is -1.79. The zero-order valence-corrected chi connectivity index (χ0v) is 18.6. The molecule has 0 radical (unpaired) electrons. The van der Waals surface area contributed by atoms with Crippen molar-refractivity contribution < 1.29 is 19.7 Å². The van der Waals surface area contributed by atoms with Crippen LogP contribution in [-0.4, -0.2) is 69.8 Å². The molecule has 2 aliphatic heterocycles. The fourth-order valence-electron chi connectivity index (χ4n) is 7.43. The summed E-state index contributed by atoms with van der Waals surface area (Å²) in [6.07, 6.45) is 6.66. The van der Waals surface area contributed by atoms with E-state index in [1.807, 2.05) is 24.9 Å². The zero-order valence-electron chi connectivity index (χ0n) is 18.6. The highest BCUT2D eigenvalue weighted by atomic mass is 16.5. The molecule has 2 heterocycles. The molecule has 3 fully saturated rings. The predicted octanol–water partition coefficient (Wildman–Crippen LogP) is 2.58. The summed E-state index contributed by atoms with van der Waals surface area (Å²) in [7, 11) is 1.89. The van der Waals surface area contributed by atoms with Crippen molar-refractivity contribution in [1.82, 2.24) is 9.80 Å². The molecule has 6 rings (SSSR count). The maximum atomic E-state index is 12.8. The number of aromatic hydroxyl groups is 1. The molecule has 1 aromatic rings. The molecule has 1 aromatic carbocycles. The van der Waals surface area contributed by atoms with Gasteiger partial charge in [-0.05, 0) is 69.0 Å². The summed E-state index contributed by atoms with van der Waals surface area (Å²) in [5.74, 6) is 1.62. The second-order valence-corrected chi connectivity index (χ2v) is 10.7. The van der Waals surface area contributed by atoms with E-state index in [0.717, 1.165) is 50.3 Å². The van der Waals surface area contributed by atoms with Crippen molar-refractivity contribution in [2.24, 2.45) is 5.92 Å². The average molecular weight is 427 g/mol. The molecule has 2 N–H and O–H groups in total. The maximum Gasteiger partial charge on any atom is 0.222 e. The van der Waals surface area contributed by atoms with E-state index in [4.69, 9.17) is 4.74 Å². The third-order valence-corrected chi connectivity index (χ3v) is 9.09. The quantitative estimate of drug-likeness (QED) is 0.757. The van der Waals surface area contributed by atoms with Crippen LogP contribution in [0.15, 0.2) is 12.1 Å². The van der Waals surface area contributed by atoms with Gasteiger partial charge >= 0.3 is 0 Å². The Balaban J connectivity index is 1.47. The number of likely N-dealkylation sites (N-methyl/N-ethyl adjacent to an activating group) is 1. The van der Waals surface area contributed by atoms with E-state index in [0.29, 0.717) is 18.6 Å². The number of rotatable bonds is 5. The van der Waals surface area contributed by atoms with E-state index >= 15 is 0 Å². The molecule has 1 spiro atoms. The summed E-state index contributed by atoms with van der Waals surface area (Å²) >= 11 is 0. The fraction of sp³-hybridized carbons (Fsp3) is 0.720. The molecule has 31 heavy (non-hydrogen) atoms. The first kappa shape index (κ1) is 19.9. The number of likely N-dealkylation sites (tertiary alicyclic amines) is 1. The van der Waals surface area contributed by atoms with Gasteiger partial charge in [-0.1, -0.05) is 13.0 Å². The van der Waals surface area contributed by atoms with Crippen LogP contribution in [-0.2, 0) is 16.6 Å². The Bertz CT molecular complexity index is 930. The Morgan fingerprint density at radius 2 is 2.10 bits per heavy atom. The van der Waals surface area contributed by atoms with E-state index in [2.05, 4.69) is 4.90 Å². The van der Waals surface area contributed by atoms with Crippen LogP contribution >= 0.6 is 0 Å². The lowest BCUT2D eigenvalue weighted by molar-refractivity contribution is -0.200. The number of hydrogen-bond donors (Lipinski definition) is 2. The number of hydrogen-bond acceptors (Lipinski definition) is 5. The van der Waals surface area contributed by atoms with E-state index in [-0.39, 0.29) is 29.8 Å². The number of carbonyl (C=O) groups excluding carboxylic acids is 1. The zero-order chi connectivity index (χ0) is 21.5. The standard InChI is InChI=1S/C25H34N2O4/c1-3-4-20(29)26(2)17-9-10-25(30)19-13-16-7-8-18(28)22-21(16)24(25,23(17)31-22)11-12-27(19)14-15-5-6-15/h7-8,15,17,19,23,28,30H,3-6,9-14H2,1-2H3/t17?,19-,23?,24+,25-/m1/s1. The van der Waals surface area contributed by atoms with Crippen LogP contribution in [0.5, 0.6) is 11.5 Å². The summed E-state index contributed by atoms with van der Waals surface area (Å²) in [4.78, 5) is 17.2. The first-order chi connectivity index (χ1) is 14.9. The van der Waals surface area contributed by atoms with Crippen LogP contribution < -0.4 is 4.74 Å². The first-order valence-corrected chi connectivity index (χ1v) is 12.1. The van der Waals surface area contributed by atoms with E-state index in [9.17, 15) is 15.0 Å². The summed E-state index contributed by atoms with van der Waals surface area (Å²) in [6, 6.07) is 3.76. The van der Waals surface area contributed by atoms with Crippen molar-refractivity contribution >= 4 is 5.91 Å². The highest BCUT2D eigenvalue weighted by Gasteiger charge is 2.73. The Labute approximate surface area is 184 Å². The minimum atomic E-state index is -0.887. The van der Waals surface area contributed by atoms with Crippen molar-refractivity contribution in [2.75, 3.05) is 20.1 Å². The molecular weight excluding hydrogens is 392 g/mol. The lowest BCUT2D eigenvalue weighted by Gasteiger charge is -2.64. The molecule has 2 bridgehead atoms. The lowest BCUT2D eigenvalue weighted by atomic mass is 9.48. The van der Waals surface area contributed by atoms with Gasteiger partial charge in [0.1, 0.15) is 6.10 Å². The van der Waals surface area contributed by atoms with E-state index in [1.165, 1.54) is 18.4 Å². The Morgan fingerprint density at radius 1 is 1.29 bits per heavy atom. The van der Waals surface area contributed by atoms with Gasteiger partial charge in [-0.3, -0.25) is 9.69 Å². The average Bonchev–Trinajstić information content (AvgIpc) is 3.49. The summed E-state index contributed by atoms with van der Waals surface area (Å²) in [5, 5.41) is 23.1. The van der Waals surface area contributed by atoms with Gasteiger partial charge in [-0.15, -0.1) is 0 Å². The van der Waals surface area contributed by atoms with Crippen LogP contribution in [0.4, 0.5) is 0 Å². The number of nitrogens with zero attached hydrogens (tertiary/aromatic N) is 2. The van der Waals surface area contributed by atoms with E-state index < -0.39 is 11.0 Å². The third kappa shape index (κ3) is 2.49. The smallest absolute Gasteiger partial charge is 0.222 e. The number of aliphatic hydroxyl groups is 1. The SMILES string of the molecule is CCCC(=O)N(C)C1CC[C@@]2(O)[C@H]3Cc4ccc(O)c5c4[C@@]2(CCN3CC2CC2)C1O5. The fourth-order valence-corrected chi connectivity index (χ4v) is 7.43. The molecule has 0 aromatic heterocycles. The summed E-state index contributed by atoms with van der Waals surface area (Å²) in [5.41, 5.74) is 0.794. The number of piperidine rings is 1. The number of carbonyl (C=O) groups is 1. The third-order valence-electron chi connectivity index (χ3n) is 9.09. The van der Waals surface area contributed by atoms with Gasteiger partial charge < -0.3 is 19.8 Å². The van der Waals surface area contributed by atoms with Gasteiger partial charge in [-0.2, -0.15) is 0 Å². The topological polar surface area (TPSA) is 73.2 Å². The minimum absolute atomic E-state index is 0.0774. The molecular formula is C25H34N2O4. The van der Waals surface area contributed by atoms with Crippen LogP contribution in [0.1, 0.15) is 63.0 Å². The van der Waals surface area contributed by atoms with Gasteiger partial charge in [0.15, 0.2) is 11.5 Å². The second-order valence-electron chi connectivity index (χ2n) is 10.7. The number of phenols is 1. The van der Waals surface area contributed by atoms with Gasteiger partial charge in [0.25, 0.3) is 0 Å². The van der Waals surface area contributed by atoms with Crippen LogP contribution in [0.2, 0.25) is 0 Å². The number of phenolic OH excluding ortho intramolecular Hbond substituents is 1. The molecule has 5 aliphatic rings. The largest absolute Gasteiger partial charge is 0.504 e. The summed E-state index contributed by atoms with van der Waals surface area (Å²) in [6.45, 7) is 4.04. The lowest BCUT2D eigenvalue weighted by Crippen LogP contribution is -2.78. The monoisotopic (exact) mass is 426 g/mol. The highest BCUT2D eigenvalue weighted by Crippen LogP contribution is 2.66. The molecule has 1 amide bonds. The van der Waals surface area contributed by atoms with E-state index in [1.54, 1.807) is 6.07 Å². The normalized spacial score (nSPS) is 37.8. The number of amides is 1. The Morgan fingerprint density at radius 3 is 2.84 bits per heavy atom. The van der Waals surface area contributed by atoms with Crippen molar-refractivity contribution in [1.29, 1.82) is 0 Å². The van der Waals surface area contributed by atoms with Gasteiger partial charge in [0.05, 0.1) is 17.1 Å². The molecule has 6 heteroatoms. The van der Waals surface area contributed by atoms with Gasteiger partial charge in [-0.25, -0.2) is 0 Å². The number of benzene rings is 1. The molecule has 6 nitrogen and oxygen atoms in total. The minimum Gasteiger partial charge on any atom is -0.504 e. The van der Waals surface area contributed by atoms with Gasteiger partial charge in [0, 0.05) is 31.6 Å². The molecule has 168 valence electrons. The molecule has 1 saturated heterocycles. The first-order valence-electron chi connectivity index (χ1n) is 12.1. The molecule has 2 saturated carbocycles. The van der Waals surface area contributed by atoms with Crippen LogP contribution in [0, 0.1) is 5.92 Å². The number of ether oxygens (including phenoxy) is 1. The predicted molar refractivity (Wildman–Crippen MR) is 116 cm³/mol. The van der Waals surface area contributed by atoms with Crippen LogP contribution in [0.3, 0.4) is 0 Å². The van der Waals surface area contributed by atoms with Crippen molar-refractivity contribution in [3.05, 3.63) is 23.3 Å². The van der Waals surface area contributed by atoms with Crippen molar-refractivity contribution in [3.63, 3.8) is 0 Å². The molecule has 3 aliphatic carbocycles. The maximum absolute atomic E-state index is 12.8. The van der Waals surface area contributed by atoms with Crippen molar-refractivity contribution in [3.8, 4) is 11.5 Å². The van der Waals surface area contributed by atoms with Crippen molar-refractivity contribution in [2.45, 2.75) is 87.5 Å². The molecule has 2 unspecified atom stereocenters. The highest BCUT2D eigenvalue weighted by molar-refractivity contribution is 5.76. The molecule has 5 atom stereocenters. The summed E-state index contributed by atoms with van der Waals surface area (Å²) < 4.78 is 6.54. The van der Waals surface area contributed by atoms with Gasteiger partial charge in [0.2, 0.25) is 5.91 Å². The van der Waals surface area contributed by atoms with Crippen LogP contribution in [0.25, 0.3) is 0 Å².